The quantitative estimate of drug-likeness (QED) is 0.894. The normalized spacial score (nSPS) is 14.0. The lowest BCUT2D eigenvalue weighted by Gasteiger charge is -2.21. The number of nitrogens with one attached hydrogen (secondary N) is 2. The number of hydrogen-bond acceptors (Lipinski definition) is 4. The van der Waals surface area contributed by atoms with Crippen molar-refractivity contribution < 1.29 is 23.5 Å². The van der Waals surface area contributed by atoms with Crippen LogP contribution in [-0.2, 0) is 4.79 Å². The van der Waals surface area contributed by atoms with Gasteiger partial charge in [-0.25, -0.2) is 4.39 Å². The van der Waals surface area contributed by atoms with Gasteiger partial charge in [-0.15, -0.1) is 0 Å². The van der Waals surface area contributed by atoms with E-state index in [1.54, 1.807) is 25.1 Å². The Bertz CT molecular complexity index is 838. The highest BCUT2D eigenvalue weighted by Gasteiger charge is 2.19. The first-order valence-electron chi connectivity index (χ1n) is 7.69. The Morgan fingerprint density at radius 3 is 2.84 bits per heavy atom. The van der Waals surface area contributed by atoms with Crippen molar-refractivity contribution >= 4 is 17.5 Å². The highest BCUT2D eigenvalue weighted by molar-refractivity contribution is 5.96. The molecular formula is C18H17FN2O4. The van der Waals surface area contributed by atoms with Gasteiger partial charge < -0.3 is 20.1 Å². The Morgan fingerprint density at radius 1 is 1.32 bits per heavy atom. The van der Waals surface area contributed by atoms with Crippen LogP contribution in [0.15, 0.2) is 36.4 Å². The van der Waals surface area contributed by atoms with Crippen molar-refractivity contribution in [2.75, 3.05) is 19.0 Å². The summed E-state index contributed by atoms with van der Waals surface area (Å²) in [6.07, 6.45) is 0. The number of amides is 2. The number of ether oxygens (including phenoxy) is 2. The smallest absolute Gasteiger partial charge is 0.262 e. The SMILES string of the molecule is COc1ccc(C(=O)N[C@@H](C)c2ccc3c(c2)NC(=O)CO3)cc1F. The van der Waals surface area contributed by atoms with Gasteiger partial charge in [-0.3, -0.25) is 9.59 Å². The summed E-state index contributed by atoms with van der Waals surface area (Å²) in [7, 11) is 1.36. The molecule has 0 spiro atoms. The Morgan fingerprint density at radius 2 is 2.12 bits per heavy atom. The number of benzene rings is 2. The van der Waals surface area contributed by atoms with E-state index >= 15 is 0 Å². The van der Waals surface area contributed by atoms with Crippen molar-refractivity contribution in [3.63, 3.8) is 0 Å². The van der Waals surface area contributed by atoms with Crippen LogP contribution < -0.4 is 20.1 Å². The number of carbonyl (C=O) groups excluding carboxylic acids is 2. The summed E-state index contributed by atoms with van der Waals surface area (Å²) in [5.74, 6) is -0.576. The van der Waals surface area contributed by atoms with Crippen molar-refractivity contribution in [3.05, 3.63) is 53.3 Å². The fourth-order valence-electron chi connectivity index (χ4n) is 2.54. The van der Waals surface area contributed by atoms with Gasteiger partial charge in [-0.2, -0.15) is 0 Å². The van der Waals surface area contributed by atoms with Crippen LogP contribution in [0.5, 0.6) is 11.5 Å². The molecule has 130 valence electrons. The van der Waals surface area contributed by atoms with Crippen LogP contribution in [0.2, 0.25) is 0 Å². The Kier molecular flexibility index (Phi) is 4.56. The monoisotopic (exact) mass is 344 g/mol. The number of hydrogen-bond donors (Lipinski definition) is 2. The predicted molar refractivity (Wildman–Crippen MR) is 89.4 cm³/mol. The average molecular weight is 344 g/mol. The summed E-state index contributed by atoms with van der Waals surface area (Å²) >= 11 is 0. The third kappa shape index (κ3) is 3.55. The molecule has 0 aliphatic carbocycles. The molecule has 2 aromatic carbocycles. The summed E-state index contributed by atoms with van der Waals surface area (Å²) in [5, 5.41) is 5.52. The van der Waals surface area contributed by atoms with Gasteiger partial charge in [0.2, 0.25) is 0 Å². The van der Waals surface area contributed by atoms with Crippen LogP contribution in [-0.4, -0.2) is 25.5 Å². The largest absolute Gasteiger partial charge is 0.494 e. The van der Waals surface area contributed by atoms with Gasteiger partial charge in [0.05, 0.1) is 18.8 Å². The first-order valence-corrected chi connectivity index (χ1v) is 7.69. The molecule has 0 fully saturated rings. The second-order valence-corrected chi connectivity index (χ2v) is 5.64. The second kappa shape index (κ2) is 6.80. The lowest BCUT2D eigenvalue weighted by atomic mass is 10.1. The molecule has 2 aromatic rings. The standard InChI is InChI=1S/C18H17FN2O4/c1-10(11-3-6-16-14(8-11)21-17(22)9-25-16)20-18(23)12-4-5-15(24-2)13(19)7-12/h3-8,10H,9H2,1-2H3,(H,20,23)(H,21,22)/t10-/m0/s1. The molecule has 1 heterocycles. The first kappa shape index (κ1) is 16.8. The zero-order valence-electron chi connectivity index (χ0n) is 13.8. The van der Waals surface area contributed by atoms with Gasteiger partial charge in [-0.1, -0.05) is 6.07 Å². The molecule has 6 nitrogen and oxygen atoms in total. The number of halogens is 1. The van der Waals surface area contributed by atoms with Crippen LogP contribution >= 0.6 is 0 Å². The van der Waals surface area contributed by atoms with E-state index in [0.29, 0.717) is 11.4 Å². The fourth-order valence-corrected chi connectivity index (χ4v) is 2.54. The van der Waals surface area contributed by atoms with Crippen LogP contribution in [0.4, 0.5) is 10.1 Å². The van der Waals surface area contributed by atoms with E-state index < -0.39 is 11.7 Å². The molecule has 0 saturated heterocycles. The van der Waals surface area contributed by atoms with Gasteiger partial charge in [-0.05, 0) is 42.8 Å². The molecule has 0 unspecified atom stereocenters. The van der Waals surface area contributed by atoms with Crippen LogP contribution in [0, 0.1) is 5.82 Å². The van der Waals surface area contributed by atoms with Gasteiger partial charge >= 0.3 is 0 Å². The topological polar surface area (TPSA) is 76.7 Å². The molecule has 0 saturated carbocycles. The molecule has 25 heavy (non-hydrogen) atoms. The fraction of sp³-hybridized carbons (Fsp3) is 0.222. The third-order valence-corrected chi connectivity index (χ3v) is 3.90. The van der Waals surface area contributed by atoms with E-state index in [0.717, 1.165) is 11.6 Å². The highest BCUT2D eigenvalue weighted by atomic mass is 19.1. The maximum Gasteiger partial charge on any atom is 0.262 e. The number of carbonyl (C=O) groups is 2. The van der Waals surface area contributed by atoms with Crippen molar-refractivity contribution in [2.45, 2.75) is 13.0 Å². The minimum Gasteiger partial charge on any atom is -0.494 e. The summed E-state index contributed by atoms with van der Waals surface area (Å²) in [5.41, 5.74) is 1.54. The number of anilines is 1. The second-order valence-electron chi connectivity index (χ2n) is 5.64. The van der Waals surface area contributed by atoms with Crippen LogP contribution in [0.3, 0.4) is 0 Å². The van der Waals surface area contributed by atoms with Gasteiger partial charge in [0.25, 0.3) is 11.8 Å². The molecule has 1 aliphatic rings. The lowest BCUT2D eigenvalue weighted by Crippen LogP contribution is -2.28. The molecule has 0 bridgehead atoms. The summed E-state index contributed by atoms with van der Waals surface area (Å²) in [4.78, 5) is 23.7. The maximum atomic E-state index is 13.7. The molecule has 2 amide bonds. The minimum atomic E-state index is -0.601. The molecular weight excluding hydrogens is 327 g/mol. The van der Waals surface area contributed by atoms with Crippen molar-refractivity contribution in [1.82, 2.24) is 5.32 Å². The lowest BCUT2D eigenvalue weighted by molar-refractivity contribution is -0.118. The number of methoxy groups -OCH3 is 1. The molecule has 0 aromatic heterocycles. The summed E-state index contributed by atoms with van der Waals surface area (Å²) < 4.78 is 23.9. The Labute approximate surface area is 143 Å². The van der Waals surface area contributed by atoms with Gasteiger partial charge in [0, 0.05) is 5.56 Å². The van der Waals surface area contributed by atoms with E-state index in [1.165, 1.54) is 19.2 Å². The number of rotatable bonds is 4. The van der Waals surface area contributed by atoms with E-state index in [2.05, 4.69) is 10.6 Å². The Hall–Kier alpha value is -3.09. The Balaban J connectivity index is 1.74. The van der Waals surface area contributed by atoms with Gasteiger partial charge in [0.15, 0.2) is 18.2 Å². The first-order chi connectivity index (χ1) is 12.0. The zero-order chi connectivity index (χ0) is 18.0. The maximum absolute atomic E-state index is 13.7. The predicted octanol–water partition coefficient (Wildman–Crippen LogP) is 2.66. The van der Waals surface area contributed by atoms with E-state index in [4.69, 9.17) is 9.47 Å². The molecule has 2 N–H and O–H groups in total. The molecule has 3 rings (SSSR count). The molecule has 0 radical (unpaired) electrons. The van der Waals surface area contributed by atoms with Crippen molar-refractivity contribution in [1.29, 1.82) is 0 Å². The molecule has 1 atom stereocenters. The van der Waals surface area contributed by atoms with Crippen molar-refractivity contribution in [2.24, 2.45) is 0 Å². The van der Waals surface area contributed by atoms with E-state index in [-0.39, 0.29) is 29.9 Å². The van der Waals surface area contributed by atoms with Crippen LogP contribution in [0.1, 0.15) is 28.9 Å². The summed E-state index contributed by atoms with van der Waals surface area (Å²) in [6.45, 7) is 1.78. The van der Waals surface area contributed by atoms with E-state index in [9.17, 15) is 14.0 Å². The van der Waals surface area contributed by atoms with Crippen molar-refractivity contribution in [3.8, 4) is 11.5 Å². The third-order valence-electron chi connectivity index (χ3n) is 3.90. The summed E-state index contributed by atoms with van der Waals surface area (Å²) in [6, 6.07) is 8.96. The zero-order valence-corrected chi connectivity index (χ0v) is 13.8. The van der Waals surface area contributed by atoms with Gasteiger partial charge in [0.1, 0.15) is 5.75 Å². The van der Waals surface area contributed by atoms with E-state index in [1.807, 2.05) is 0 Å². The van der Waals surface area contributed by atoms with Crippen LogP contribution in [0.25, 0.3) is 0 Å². The molecule has 7 heteroatoms. The average Bonchev–Trinajstić information content (AvgIpc) is 2.60. The minimum absolute atomic E-state index is 0.0122. The molecule has 1 aliphatic heterocycles. The number of fused-ring (bicyclic) bond motifs is 1. The highest BCUT2D eigenvalue weighted by Crippen LogP contribution is 2.30.